The summed E-state index contributed by atoms with van der Waals surface area (Å²) in [6, 6.07) is 138. The molecule has 22 rings (SSSR count). The zero-order valence-electron chi connectivity index (χ0n) is 57.5. The largest absolute Gasteiger partial charge is 0.309 e. The van der Waals surface area contributed by atoms with Crippen LogP contribution in [0.5, 0.6) is 0 Å². The minimum Gasteiger partial charge on any atom is -0.309 e. The van der Waals surface area contributed by atoms with Gasteiger partial charge in [0.2, 0.25) is 0 Å². The molecule has 0 amide bonds. The molecule has 0 fully saturated rings. The van der Waals surface area contributed by atoms with Gasteiger partial charge in [-0.15, -0.1) is 0 Å². The molecule has 1 spiro atoms. The maximum atomic E-state index is 5.20. The monoisotopic (exact) mass is 1350 g/mol. The number of hydrogen-bond donors (Lipinski definition) is 0. The Morgan fingerprint density at radius 3 is 1.07 bits per heavy atom. The Kier molecular flexibility index (Phi) is 13.2. The summed E-state index contributed by atoms with van der Waals surface area (Å²) in [4.78, 5) is 15.4. The number of rotatable bonds is 10. The van der Waals surface area contributed by atoms with E-state index in [1.807, 2.05) is 36.4 Å². The van der Waals surface area contributed by atoms with Crippen molar-refractivity contribution in [2.24, 2.45) is 0 Å². The third-order valence-corrected chi connectivity index (χ3v) is 22.5. The number of aromatic nitrogens is 6. The molecule has 1 unspecified atom stereocenters. The van der Waals surface area contributed by atoms with Gasteiger partial charge in [-0.05, 0) is 192 Å². The fraction of sp³-hybridized carbons (Fsp3) is 0.0100. The van der Waals surface area contributed by atoms with Gasteiger partial charge in [-0.1, -0.05) is 273 Å². The third kappa shape index (κ3) is 9.01. The third-order valence-electron chi connectivity index (χ3n) is 22.5. The number of benzene rings is 16. The molecule has 6 nitrogen and oxygen atoms in total. The maximum Gasteiger partial charge on any atom is 0.164 e. The highest BCUT2D eigenvalue weighted by Gasteiger charge is 2.52. The number of fused-ring (bicyclic) bond motifs is 19. The maximum absolute atomic E-state index is 5.20. The van der Waals surface area contributed by atoms with Crippen molar-refractivity contribution >= 4 is 65.4 Å². The van der Waals surface area contributed by atoms with Crippen LogP contribution in [-0.4, -0.2) is 28.7 Å². The lowest BCUT2D eigenvalue weighted by Gasteiger charge is -2.31. The second-order valence-corrected chi connectivity index (χ2v) is 28.1. The predicted molar refractivity (Wildman–Crippen MR) is 437 cm³/mol. The van der Waals surface area contributed by atoms with Crippen molar-refractivity contribution in [3.05, 3.63) is 398 Å². The lowest BCUT2D eigenvalue weighted by Crippen LogP contribution is -2.26. The highest BCUT2D eigenvalue weighted by atomic mass is 15.0. The lowest BCUT2D eigenvalue weighted by molar-refractivity contribution is 0.791. The Balaban J connectivity index is 0.729. The Morgan fingerprint density at radius 2 is 0.528 bits per heavy atom. The van der Waals surface area contributed by atoms with E-state index in [0.717, 1.165) is 77.9 Å². The molecule has 492 valence electrons. The van der Waals surface area contributed by atoms with Crippen molar-refractivity contribution in [3.8, 4) is 118 Å². The SMILES string of the molecule is c1ccc(-c2ccc3c(c2)c2cc(-c4ccc5c(c4)c4ccccc4n5-c4ccccc4)ccc2n3-c2ccc3c(c2)C2(c4ccccc4-3)c3ccccc3-c3ccc(-n4c5ccc(-c6ccccc6)cc5c5c(-c6cccc(-c7nc(-c8ccccc8)nc(-c8ccccc8)n7)c6)cccc54)cc32)cc1. The van der Waals surface area contributed by atoms with Gasteiger partial charge in [0.05, 0.1) is 38.5 Å². The molecule has 0 N–H and O–H groups in total. The van der Waals surface area contributed by atoms with Crippen molar-refractivity contribution in [2.75, 3.05) is 0 Å². The molecular weight excluding hydrogens is 1290 g/mol. The van der Waals surface area contributed by atoms with Gasteiger partial charge in [0, 0.05) is 66.1 Å². The average molecular weight is 1350 g/mol. The van der Waals surface area contributed by atoms with Crippen LogP contribution in [0.15, 0.2) is 376 Å². The first-order valence-corrected chi connectivity index (χ1v) is 36.4. The Hall–Kier alpha value is -14.1. The highest BCUT2D eigenvalue weighted by Crippen LogP contribution is 2.64. The molecule has 2 aliphatic rings. The quantitative estimate of drug-likeness (QED) is 0.137. The van der Waals surface area contributed by atoms with Gasteiger partial charge >= 0.3 is 0 Å². The Labute approximate surface area is 612 Å². The first kappa shape index (κ1) is 59.6. The van der Waals surface area contributed by atoms with E-state index in [1.165, 1.54) is 110 Å². The van der Waals surface area contributed by atoms with Crippen LogP contribution in [0.3, 0.4) is 0 Å². The molecule has 0 saturated heterocycles. The van der Waals surface area contributed by atoms with Crippen LogP contribution in [0.2, 0.25) is 0 Å². The minimum atomic E-state index is -0.681. The summed E-state index contributed by atoms with van der Waals surface area (Å²) in [6.45, 7) is 0. The van der Waals surface area contributed by atoms with E-state index in [2.05, 4.69) is 353 Å². The van der Waals surface area contributed by atoms with E-state index >= 15 is 0 Å². The zero-order valence-corrected chi connectivity index (χ0v) is 57.5. The van der Waals surface area contributed by atoms with Crippen LogP contribution in [0.1, 0.15) is 22.3 Å². The van der Waals surface area contributed by atoms with Gasteiger partial charge in [-0.25, -0.2) is 15.0 Å². The van der Waals surface area contributed by atoms with Crippen molar-refractivity contribution in [1.82, 2.24) is 28.7 Å². The van der Waals surface area contributed by atoms with Gasteiger partial charge in [0.25, 0.3) is 0 Å². The summed E-state index contributed by atoms with van der Waals surface area (Å²) in [5.74, 6) is 1.87. The number of para-hydroxylation sites is 2. The lowest BCUT2D eigenvalue weighted by atomic mass is 9.70. The molecule has 1 atom stereocenters. The molecular formula is C100H62N6. The summed E-state index contributed by atoms with van der Waals surface area (Å²) < 4.78 is 7.44. The molecule has 4 aromatic heterocycles. The normalized spacial score (nSPS) is 13.5. The highest BCUT2D eigenvalue weighted by molar-refractivity contribution is 6.18. The van der Waals surface area contributed by atoms with Crippen molar-refractivity contribution in [1.29, 1.82) is 0 Å². The molecule has 0 radical (unpaired) electrons. The molecule has 0 bridgehead atoms. The van der Waals surface area contributed by atoms with Crippen LogP contribution in [0, 0.1) is 0 Å². The van der Waals surface area contributed by atoms with Gasteiger partial charge in [0.1, 0.15) is 0 Å². The first-order valence-electron chi connectivity index (χ1n) is 36.4. The zero-order chi connectivity index (χ0) is 69.6. The predicted octanol–water partition coefficient (Wildman–Crippen LogP) is 25.2. The molecule has 20 aromatic rings. The van der Waals surface area contributed by atoms with Gasteiger partial charge in [-0.2, -0.15) is 0 Å². The molecule has 0 aliphatic heterocycles. The van der Waals surface area contributed by atoms with Gasteiger partial charge < -0.3 is 13.7 Å². The summed E-state index contributed by atoms with van der Waals surface area (Å²) >= 11 is 0. The molecule has 4 heterocycles. The fourth-order valence-electron chi connectivity index (χ4n) is 17.9. The van der Waals surface area contributed by atoms with Gasteiger partial charge in [-0.3, -0.25) is 0 Å². The first-order chi connectivity index (χ1) is 52.6. The van der Waals surface area contributed by atoms with Crippen LogP contribution in [0.25, 0.3) is 183 Å². The second-order valence-electron chi connectivity index (χ2n) is 28.1. The van der Waals surface area contributed by atoms with Crippen molar-refractivity contribution in [2.45, 2.75) is 5.41 Å². The molecule has 0 saturated carbocycles. The minimum absolute atomic E-state index is 0.613. The molecule has 6 heteroatoms. The topological polar surface area (TPSA) is 53.5 Å². The summed E-state index contributed by atoms with van der Waals surface area (Å²) in [6.07, 6.45) is 0. The van der Waals surface area contributed by atoms with E-state index in [0.29, 0.717) is 17.5 Å². The Bertz CT molecular complexity index is 6920. The summed E-state index contributed by atoms with van der Waals surface area (Å²) in [7, 11) is 0. The van der Waals surface area contributed by atoms with E-state index in [4.69, 9.17) is 15.0 Å². The van der Waals surface area contributed by atoms with Crippen LogP contribution in [0.4, 0.5) is 0 Å². The van der Waals surface area contributed by atoms with Crippen molar-refractivity contribution in [3.63, 3.8) is 0 Å². The van der Waals surface area contributed by atoms with E-state index in [-0.39, 0.29) is 0 Å². The van der Waals surface area contributed by atoms with Crippen LogP contribution >= 0.6 is 0 Å². The van der Waals surface area contributed by atoms with Crippen LogP contribution in [-0.2, 0) is 5.41 Å². The fourth-order valence-corrected chi connectivity index (χ4v) is 17.9. The summed E-state index contributed by atoms with van der Waals surface area (Å²) in [5.41, 5.74) is 31.7. The number of hydrogen-bond acceptors (Lipinski definition) is 3. The average Bonchev–Trinajstić information content (AvgIpc) is 1.50. The standard InChI is InChI=1S/C100H62N6/c1-6-24-63(25-7-1)67-44-52-92-83(57-67)84-59-70(69-46-53-91-82(58-69)81-38-18-21-42-90(81)104(91)73-34-14-5-15-35-73)47-54-93(84)105(92)74-48-50-79-77-36-16-19-40-86(77)100(88(79)61-74)87-41-20-17-37-78(87)80-51-49-75(62-89(80)100)106-94-55-45-68(64-26-8-2-9-27-64)60-85(94)96-76(39-23-43-95(96)106)71-32-22-33-72(56-71)99-102-97(65-28-10-3-11-29-65)101-98(103-99)66-30-12-4-13-31-66/h1-62H. The van der Waals surface area contributed by atoms with E-state index in [9.17, 15) is 0 Å². The summed E-state index contributed by atoms with van der Waals surface area (Å²) in [5, 5.41) is 7.20. The van der Waals surface area contributed by atoms with E-state index < -0.39 is 5.41 Å². The second kappa shape index (κ2) is 23.5. The van der Waals surface area contributed by atoms with Crippen molar-refractivity contribution < 1.29 is 0 Å². The molecule has 16 aromatic carbocycles. The Morgan fingerprint density at radius 1 is 0.179 bits per heavy atom. The van der Waals surface area contributed by atoms with Gasteiger partial charge in [0.15, 0.2) is 17.5 Å². The van der Waals surface area contributed by atoms with Crippen LogP contribution < -0.4 is 0 Å². The van der Waals surface area contributed by atoms with E-state index in [1.54, 1.807) is 0 Å². The molecule has 106 heavy (non-hydrogen) atoms. The molecule has 2 aliphatic carbocycles. The smallest absolute Gasteiger partial charge is 0.164 e. The number of nitrogens with zero attached hydrogens (tertiary/aromatic N) is 6.